The second kappa shape index (κ2) is 8.66. The summed E-state index contributed by atoms with van der Waals surface area (Å²) in [4.78, 5) is 4.73. The van der Waals surface area contributed by atoms with E-state index in [1.54, 1.807) is 23.1 Å². The van der Waals surface area contributed by atoms with Gasteiger partial charge in [0.1, 0.15) is 5.01 Å². The first kappa shape index (κ1) is 19.5. The molecular weight excluding hydrogens is 431 g/mol. The summed E-state index contributed by atoms with van der Waals surface area (Å²) in [5.74, 6) is 1.57. The van der Waals surface area contributed by atoms with Crippen LogP contribution in [0.25, 0.3) is 22.0 Å². The number of thioether (sulfide) groups is 1. The number of hydrogen-bond acceptors (Lipinski definition) is 5. The van der Waals surface area contributed by atoms with Gasteiger partial charge < -0.3 is 4.57 Å². The van der Waals surface area contributed by atoms with Crippen molar-refractivity contribution >= 4 is 46.3 Å². The van der Waals surface area contributed by atoms with Crippen LogP contribution in [0.5, 0.6) is 0 Å². The second-order valence-corrected chi connectivity index (χ2v) is 8.61. The maximum absolute atomic E-state index is 6.28. The molecule has 0 saturated heterocycles. The summed E-state index contributed by atoms with van der Waals surface area (Å²) in [5, 5.41) is 14.1. The minimum atomic E-state index is 0.707. The van der Waals surface area contributed by atoms with Crippen molar-refractivity contribution in [2.45, 2.75) is 24.4 Å². The second-order valence-electron chi connectivity index (χ2n) is 5.97. The lowest BCUT2D eigenvalue weighted by molar-refractivity contribution is 0.687. The molecule has 8 heteroatoms. The zero-order valence-corrected chi connectivity index (χ0v) is 18.1. The van der Waals surface area contributed by atoms with E-state index in [0.29, 0.717) is 5.02 Å². The third-order valence-electron chi connectivity index (χ3n) is 4.14. The quantitative estimate of drug-likeness (QED) is 0.309. The van der Waals surface area contributed by atoms with Crippen molar-refractivity contribution in [3.05, 3.63) is 69.7 Å². The highest BCUT2D eigenvalue weighted by Crippen LogP contribution is 2.32. The van der Waals surface area contributed by atoms with Crippen LogP contribution in [0.3, 0.4) is 0 Å². The Morgan fingerprint density at radius 1 is 1.04 bits per heavy atom. The van der Waals surface area contributed by atoms with Crippen LogP contribution in [0, 0.1) is 0 Å². The summed E-state index contributed by atoms with van der Waals surface area (Å²) >= 11 is 15.5. The molecule has 4 aromatic rings. The summed E-state index contributed by atoms with van der Waals surface area (Å²) in [7, 11) is 0. The first-order valence-corrected chi connectivity index (χ1v) is 11.3. The highest BCUT2D eigenvalue weighted by atomic mass is 35.5. The molecule has 0 aliphatic rings. The van der Waals surface area contributed by atoms with Crippen LogP contribution < -0.4 is 0 Å². The van der Waals surface area contributed by atoms with Crippen LogP contribution in [0.1, 0.15) is 12.6 Å². The molecule has 0 spiro atoms. The van der Waals surface area contributed by atoms with Crippen LogP contribution in [0.2, 0.25) is 10.0 Å². The van der Waals surface area contributed by atoms with E-state index in [2.05, 4.69) is 27.1 Å². The average Bonchev–Trinajstić information content (AvgIpc) is 3.34. The zero-order chi connectivity index (χ0) is 19.5. The Bertz CT molecular complexity index is 1090. The lowest BCUT2D eigenvalue weighted by atomic mass is 10.2. The first-order chi connectivity index (χ1) is 13.7. The Kier molecular flexibility index (Phi) is 6.01. The van der Waals surface area contributed by atoms with Crippen molar-refractivity contribution < 1.29 is 0 Å². The molecule has 142 valence electrons. The number of halogens is 2. The topological polar surface area (TPSA) is 43.6 Å². The van der Waals surface area contributed by atoms with E-state index in [1.807, 2.05) is 48.5 Å². The van der Waals surface area contributed by atoms with Crippen molar-refractivity contribution in [3.8, 4) is 22.0 Å². The van der Waals surface area contributed by atoms with Crippen molar-refractivity contribution in [1.29, 1.82) is 0 Å². The van der Waals surface area contributed by atoms with Crippen molar-refractivity contribution in [2.24, 2.45) is 0 Å². The number of rotatable bonds is 6. The van der Waals surface area contributed by atoms with Crippen molar-refractivity contribution in [2.75, 3.05) is 0 Å². The van der Waals surface area contributed by atoms with E-state index >= 15 is 0 Å². The minimum absolute atomic E-state index is 0.707. The minimum Gasteiger partial charge on any atom is -0.302 e. The molecule has 0 saturated carbocycles. The van der Waals surface area contributed by atoms with Gasteiger partial charge in [0.15, 0.2) is 11.0 Å². The van der Waals surface area contributed by atoms with Crippen LogP contribution >= 0.6 is 46.3 Å². The largest absolute Gasteiger partial charge is 0.302 e. The molecule has 0 bridgehead atoms. The fraction of sp³-hybridized carbons (Fsp3) is 0.150. The van der Waals surface area contributed by atoms with E-state index in [-0.39, 0.29) is 0 Å². The SMILES string of the molecule is CCn1c(SCc2csc(-c3ccccc3Cl)n2)nnc1-c1ccc(Cl)cc1. The molecule has 0 N–H and O–H groups in total. The summed E-state index contributed by atoms with van der Waals surface area (Å²) < 4.78 is 2.11. The van der Waals surface area contributed by atoms with Gasteiger partial charge in [-0.1, -0.05) is 53.2 Å². The van der Waals surface area contributed by atoms with Gasteiger partial charge in [0.05, 0.1) is 10.7 Å². The van der Waals surface area contributed by atoms with Gasteiger partial charge in [-0.25, -0.2) is 4.98 Å². The molecule has 4 nitrogen and oxygen atoms in total. The third kappa shape index (κ3) is 4.10. The van der Waals surface area contributed by atoms with Gasteiger partial charge in [-0.05, 0) is 37.3 Å². The summed E-state index contributed by atoms with van der Waals surface area (Å²) in [5.41, 5.74) is 2.97. The molecule has 0 atom stereocenters. The van der Waals surface area contributed by atoms with E-state index < -0.39 is 0 Å². The summed E-state index contributed by atoms with van der Waals surface area (Å²) in [6.07, 6.45) is 0. The van der Waals surface area contributed by atoms with Gasteiger partial charge in [-0.15, -0.1) is 21.5 Å². The number of thiazole rings is 1. The van der Waals surface area contributed by atoms with Crippen molar-refractivity contribution in [3.63, 3.8) is 0 Å². The predicted octanol–water partition coefficient (Wildman–Crippen LogP) is 6.69. The number of benzene rings is 2. The van der Waals surface area contributed by atoms with Gasteiger partial charge in [0.25, 0.3) is 0 Å². The maximum Gasteiger partial charge on any atom is 0.191 e. The van der Waals surface area contributed by atoms with E-state index in [1.165, 1.54) is 0 Å². The Morgan fingerprint density at radius 3 is 2.57 bits per heavy atom. The molecule has 0 aliphatic heterocycles. The molecule has 2 aromatic heterocycles. The van der Waals surface area contributed by atoms with Crippen LogP contribution in [0.4, 0.5) is 0 Å². The fourth-order valence-electron chi connectivity index (χ4n) is 2.76. The Hall–Kier alpha value is -1.86. The normalized spacial score (nSPS) is 11.1. The van der Waals surface area contributed by atoms with Gasteiger partial charge in [-0.2, -0.15) is 0 Å². The molecular formula is C20H16Cl2N4S2. The Morgan fingerprint density at radius 2 is 1.82 bits per heavy atom. The van der Waals surface area contributed by atoms with Crippen molar-refractivity contribution in [1.82, 2.24) is 19.7 Å². The molecule has 0 radical (unpaired) electrons. The molecule has 2 aromatic carbocycles. The summed E-state index contributed by atoms with van der Waals surface area (Å²) in [6.45, 7) is 2.88. The lowest BCUT2D eigenvalue weighted by Gasteiger charge is -2.07. The highest BCUT2D eigenvalue weighted by Gasteiger charge is 2.14. The molecule has 4 rings (SSSR count). The smallest absolute Gasteiger partial charge is 0.191 e. The summed E-state index contributed by atoms with van der Waals surface area (Å²) in [6, 6.07) is 15.4. The van der Waals surface area contributed by atoms with Crippen LogP contribution in [-0.4, -0.2) is 19.7 Å². The molecule has 28 heavy (non-hydrogen) atoms. The Balaban J connectivity index is 1.51. The zero-order valence-electron chi connectivity index (χ0n) is 15.0. The first-order valence-electron chi connectivity index (χ1n) is 8.67. The molecule has 2 heterocycles. The highest BCUT2D eigenvalue weighted by molar-refractivity contribution is 7.98. The predicted molar refractivity (Wildman–Crippen MR) is 118 cm³/mol. The maximum atomic E-state index is 6.28. The van der Waals surface area contributed by atoms with Gasteiger partial charge >= 0.3 is 0 Å². The van der Waals surface area contributed by atoms with Gasteiger partial charge in [0.2, 0.25) is 0 Å². The van der Waals surface area contributed by atoms with Gasteiger partial charge in [0, 0.05) is 33.8 Å². The fourth-order valence-corrected chi connectivity index (χ4v) is 5.03. The van der Waals surface area contributed by atoms with E-state index in [0.717, 1.165) is 50.1 Å². The number of nitrogens with zero attached hydrogens (tertiary/aromatic N) is 4. The molecule has 0 amide bonds. The number of hydrogen-bond donors (Lipinski definition) is 0. The molecule has 0 fully saturated rings. The third-order valence-corrected chi connectivity index (χ3v) is 6.65. The van der Waals surface area contributed by atoms with E-state index in [9.17, 15) is 0 Å². The molecule has 0 unspecified atom stereocenters. The molecule has 0 aliphatic carbocycles. The standard InChI is InChI=1S/C20H16Cl2N4S2/c1-2-26-18(13-7-9-14(21)10-8-13)24-25-20(26)28-12-15-11-27-19(23-15)16-5-3-4-6-17(16)22/h3-11H,2,12H2,1H3. The van der Waals surface area contributed by atoms with Crippen LogP contribution in [-0.2, 0) is 12.3 Å². The van der Waals surface area contributed by atoms with E-state index in [4.69, 9.17) is 28.2 Å². The van der Waals surface area contributed by atoms with Crippen LogP contribution in [0.15, 0.2) is 59.1 Å². The Labute approximate surface area is 181 Å². The monoisotopic (exact) mass is 446 g/mol. The average molecular weight is 447 g/mol. The lowest BCUT2D eigenvalue weighted by Crippen LogP contribution is -1.99. The number of aromatic nitrogens is 4. The van der Waals surface area contributed by atoms with Gasteiger partial charge in [-0.3, -0.25) is 0 Å².